The molecule has 0 atom stereocenters. The van der Waals surface area contributed by atoms with Gasteiger partial charge in [-0.05, 0) is 24.4 Å². The van der Waals surface area contributed by atoms with Crippen LogP contribution in [0.5, 0.6) is 0 Å². The number of aliphatic imine (C=N–C) groups is 1. The molecule has 0 bridgehead atoms. The molecular weight excluding hydrogens is 196 g/mol. The van der Waals surface area contributed by atoms with Gasteiger partial charge in [0.05, 0.1) is 6.54 Å². The van der Waals surface area contributed by atoms with Gasteiger partial charge >= 0.3 is 0 Å². The Labute approximate surface area is 87.4 Å². The Hall–Kier alpha value is -1.46. The molecule has 0 aliphatic carbocycles. The molecule has 14 heavy (non-hydrogen) atoms. The number of hydrazine groups is 1. The van der Waals surface area contributed by atoms with Crippen LogP contribution in [0.1, 0.15) is 0 Å². The van der Waals surface area contributed by atoms with Crippen molar-refractivity contribution in [2.75, 3.05) is 11.9 Å². The van der Waals surface area contributed by atoms with Gasteiger partial charge in [0.1, 0.15) is 5.84 Å². The molecule has 0 amide bonds. The van der Waals surface area contributed by atoms with Crippen molar-refractivity contribution < 1.29 is 0 Å². The van der Waals surface area contributed by atoms with Crippen LogP contribution in [-0.2, 0) is 0 Å². The zero-order valence-corrected chi connectivity index (χ0v) is 8.27. The quantitative estimate of drug-likeness (QED) is 0.597. The number of anilines is 1. The summed E-state index contributed by atoms with van der Waals surface area (Å²) in [5.74, 6) is 0.819. The zero-order chi connectivity index (χ0) is 9.80. The smallest absolute Gasteiger partial charge is 0.209 e. The van der Waals surface area contributed by atoms with Crippen LogP contribution in [-0.4, -0.2) is 17.5 Å². The number of hydrogen-bond donors (Lipinski definition) is 3. The van der Waals surface area contributed by atoms with Gasteiger partial charge in [0, 0.05) is 5.69 Å². The lowest BCUT2D eigenvalue weighted by atomic mass is 10.3. The molecule has 4 nitrogen and oxygen atoms in total. The van der Waals surface area contributed by atoms with Gasteiger partial charge in [-0.1, -0.05) is 18.2 Å². The molecule has 2 rings (SSSR count). The monoisotopic (exact) mass is 206 g/mol. The van der Waals surface area contributed by atoms with Gasteiger partial charge in [0.15, 0.2) is 0 Å². The molecular formula is C9H10N4S. The first kappa shape index (κ1) is 9.11. The van der Waals surface area contributed by atoms with Crippen LogP contribution in [0.4, 0.5) is 5.69 Å². The molecule has 1 aromatic rings. The fourth-order valence-electron chi connectivity index (χ4n) is 1.15. The summed E-state index contributed by atoms with van der Waals surface area (Å²) in [5.41, 5.74) is 6.68. The molecule has 0 unspecified atom stereocenters. The predicted molar refractivity (Wildman–Crippen MR) is 61.2 cm³/mol. The summed E-state index contributed by atoms with van der Waals surface area (Å²) in [6.45, 7) is 0.634. The average Bonchev–Trinajstić information content (AvgIpc) is 2.19. The van der Waals surface area contributed by atoms with Crippen molar-refractivity contribution in [1.29, 1.82) is 0 Å². The molecule has 0 spiro atoms. The van der Waals surface area contributed by atoms with Gasteiger partial charge in [0.2, 0.25) is 5.11 Å². The van der Waals surface area contributed by atoms with E-state index in [-0.39, 0.29) is 0 Å². The van der Waals surface area contributed by atoms with Gasteiger partial charge < -0.3 is 5.32 Å². The molecule has 72 valence electrons. The topological polar surface area (TPSA) is 48.5 Å². The van der Waals surface area contributed by atoms with E-state index in [1.165, 1.54) is 0 Å². The summed E-state index contributed by atoms with van der Waals surface area (Å²) in [4.78, 5) is 4.14. The Morgan fingerprint density at radius 2 is 2.07 bits per heavy atom. The summed E-state index contributed by atoms with van der Waals surface area (Å²) in [7, 11) is 0. The van der Waals surface area contributed by atoms with E-state index >= 15 is 0 Å². The van der Waals surface area contributed by atoms with Crippen LogP contribution >= 0.6 is 12.2 Å². The molecule has 0 aromatic heterocycles. The third kappa shape index (κ3) is 2.27. The second-order valence-corrected chi connectivity index (χ2v) is 3.22. The highest BCUT2D eigenvalue weighted by Crippen LogP contribution is 2.05. The summed E-state index contributed by atoms with van der Waals surface area (Å²) in [6.07, 6.45) is 0. The number of benzene rings is 1. The second-order valence-electron chi connectivity index (χ2n) is 2.83. The van der Waals surface area contributed by atoms with Crippen LogP contribution in [0.25, 0.3) is 0 Å². The molecule has 5 heteroatoms. The van der Waals surface area contributed by atoms with Crippen LogP contribution in [0.15, 0.2) is 35.3 Å². The van der Waals surface area contributed by atoms with Gasteiger partial charge in [-0.3, -0.25) is 5.43 Å². The first-order chi connectivity index (χ1) is 6.84. The Bertz CT molecular complexity index is 360. The summed E-state index contributed by atoms with van der Waals surface area (Å²) < 4.78 is 0. The summed E-state index contributed by atoms with van der Waals surface area (Å²) >= 11 is 4.90. The molecule has 0 saturated carbocycles. The van der Waals surface area contributed by atoms with E-state index in [1.54, 1.807) is 0 Å². The van der Waals surface area contributed by atoms with Crippen molar-refractivity contribution in [3.8, 4) is 0 Å². The Morgan fingerprint density at radius 3 is 2.79 bits per heavy atom. The van der Waals surface area contributed by atoms with Crippen LogP contribution in [0.3, 0.4) is 0 Å². The molecule has 1 heterocycles. The van der Waals surface area contributed by atoms with Crippen molar-refractivity contribution in [1.82, 2.24) is 10.9 Å². The van der Waals surface area contributed by atoms with E-state index in [4.69, 9.17) is 12.2 Å². The molecule has 0 fully saturated rings. The number of nitrogens with zero attached hydrogens (tertiary/aromatic N) is 1. The van der Waals surface area contributed by atoms with E-state index in [0.29, 0.717) is 11.7 Å². The van der Waals surface area contributed by atoms with Crippen LogP contribution in [0, 0.1) is 0 Å². The lowest BCUT2D eigenvalue weighted by molar-refractivity contribution is 0.718. The molecule has 0 radical (unpaired) electrons. The van der Waals surface area contributed by atoms with E-state index in [2.05, 4.69) is 21.2 Å². The number of nitrogens with one attached hydrogen (secondary N) is 3. The number of hydrogen-bond acceptors (Lipinski definition) is 3. The van der Waals surface area contributed by atoms with Crippen LogP contribution in [0.2, 0.25) is 0 Å². The lowest BCUT2D eigenvalue weighted by Gasteiger charge is -2.16. The maximum absolute atomic E-state index is 4.90. The lowest BCUT2D eigenvalue weighted by Crippen LogP contribution is -2.46. The maximum Gasteiger partial charge on any atom is 0.209 e. The van der Waals surface area contributed by atoms with Gasteiger partial charge in [0.25, 0.3) is 0 Å². The van der Waals surface area contributed by atoms with E-state index < -0.39 is 0 Å². The molecule has 0 saturated heterocycles. The highest BCUT2D eigenvalue weighted by atomic mass is 32.1. The number of amidine groups is 1. The van der Waals surface area contributed by atoms with Crippen molar-refractivity contribution in [2.45, 2.75) is 0 Å². The normalized spacial score (nSPS) is 15.7. The van der Waals surface area contributed by atoms with E-state index in [1.807, 2.05) is 30.3 Å². The first-order valence-electron chi connectivity index (χ1n) is 4.27. The van der Waals surface area contributed by atoms with Crippen LogP contribution < -0.4 is 16.2 Å². The Balaban J connectivity index is 2.08. The van der Waals surface area contributed by atoms with E-state index in [0.717, 1.165) is 11.5 Å². The molecule has 1 aliphatic rings. The summed E-state index contributed by atoms with van der Waals surface area (Å²) in [6, 6.07) is 9.87. The predicted octanol–water partition coefficient (Wildman–Crippen LogP) is 0.890. The number of rotatable bonds is 1. The van der Waals surface area contributed by atoms with Gasteiger partial charge in [-0.25, -0.2) is 10.4 Å². The molecule has 1 aliphatic heterocycles. The number of thiocarbonyl (C=S) groups is 1. The second kappa shape index (κ2) is 4.17. The maximum atomic E-state index is 4.90. The summed E-state index contributed by atoms with van der Waals surface area (Å²) in [5, 5.41) is 3.62. The van der Waals surface area contributed by atoms with Gasteiger partial charge in [-0.15, -0.1) is 0 Å². The van der Waals surface area contributed by atoms with Crippen molar-refractivity contribution in [3.63, 3.8) is 0 Å². The fourth-order valence-corrected chi connectivity index (χ4v) is 1.34. The SMILES string of the molecule is S=C1N=C(Nc2ccccc2)CNN1. The third-order valence-electron chi connectivity index (χ3n) is 1.75. The highest BCUT2D eigenvalue weighted by Gasteiger charge is 2.06. The number of para-hydroxylation sites is 1. The largest absolute Gasteiger partial charge is 0.343 e. The Kier molecular flexibility index (Phi) is 2.71. The van der Waals surface area contributed by atoms with Crippen molar-refractivity contribution in [3.05, 3.63) is 30.3 Å². The fraction of sp³-hybridized carbons (Fsp3) is 0.111. The average molecular weight is 206 g/mol. The standard InChI is InChI=1S/C9H10N4S/c14-9-12-8(6-10-13-9)11-7-4-2-1-3-5-7/h1-5,10H,6H2,(H2,11,12,13,14). The van der Waals surface area contributed by atoms with E-state index in [9.17, 15) is 0 Å². The minimum Gasteiger partial charge on any atom is -0.343 e. The van der Waals surface area contributed by atoms with Crippen molar-refractivity contribution >= 4 is 28.9 Å². The molecule has 3 N–H and O–H groups in total. The first-order valence-corrected chi connectivity index (χ1v) is 4.68. The Morgan fingerprint density at radius 1 is 1.29 bits per heavy atom. The minimum absolute atomic E-state index is 0.453. The zero-order valence-electron chi connectivity index (χ0n) is 7.45. The van der Waals surface area contributed by atoms with Crippen molar-refractivity contribution in [2.24, 2.45) is 4.99 Å². The third-order valence-corrected chi connectivity index (χ3v) is 1.94. The molecule has 1 aromatic carbocycles. The van der Waals surface area contributed by atoms with Gasteiger partial charge in [-0.2, -0.15) is 0 Å². The highest BCUT2D eigenvalue weighted by molar-refractivity contribution is 7.80. The minimum atomic E-state index is 0.453.